The summed E-state index contributed by atoms with van der Waals surface area (Å²) in [5.74, 6) is 0.910. The minimum absolute atomic E-state index is 0.665. The quantitative estimate of drug-likeness (QED) is 0.696. The lowest BCUT2D eigenvalue weighted by Gasteiger charge is -2.34. The molecular formula is C20H27N7. The van der Waals surface area contributed by atoms with E-state index in [-0.39, 0.29) is 0 Å². The third kappa shape index (κ3) is 3.94. The number of imidazole rings is 1. The zero-order chi connectivity index (χ0) is 18.6. The zero-order valence-electron chi connectivity index (χ0n) is 16.1. The van der Waals surface area contributed by atoms with Crippen molar-refractivity contribution in [3.05, 3.63) is 47.7 Å². The third-order valence-corrected chi connectivity index (χ3v) is 5.21. The first-order chi connectivity index (χ1) is 13.2. The Morgan fingerprint density at radius 2 is 1.93 bits per heavy atom. The van der Waals surface area contributed by atoms with Crippen molar-refractivity contribution in [3.8, 4) is 0 Å². The van der Waals surface area contributed by atoms with Crippen LogP contribution in [0, 0.1) is 0 Å². The van der Waals surface area contributed by atoms with Crippen molar-refractivity contribution in [1.82, 2.24) is 30.2 Å². The van der Waals surface area contributed by atoms with Crippen LogP contribution in [0.25, 0.3) is 11.2 Å². The van der Waals surface area contributed by atoms with E-state index in [1.165, 1.54) is 11.3 Å². The number of aryl methyl sites for hydroxylation is 1. The topological polar surface area (TPSA) is 73.0 Å². The number of piperazine rings is 1. The summed E-state index contributed by atoms with van der Waals surface area (Å²) in [7, 11) is 2.17. The fourth-order valence-electron chi connectivity index (χ4n) is 3.59. The first-order valence-electron chi connectivity index (χ1n) is 9.65. The van der Waals surface area contributed by atoms with Gasteiger partial charge in [0.2, 0.25) is 0 Å². The molecule has 4 rings (SSSR count). The number of hydrogen-bond acceptors (Lipinski definition) is 6. The minimum Gasteiger partial charge on any atom is -0.367 e. The fourth-order valence-corrected chi connectivity index (χ4v) is 3.59. The summed E-state index contributed by atoms with van der Waals surface area (Å²) < 4.78 is 0. The number of nitrogens with zero attached hydrogens (tertiary/aromatic N) is 5. The van der Waals surface area contributed by atoms with Gasteiger partial charge in [0, 0.05) is 45.1 Å². The van der Waals surface area contributed by atoms with Crippen LogP contribution in [0.15, 0.2) is 30.6 Å². The number of aromatic nitrogens is 4. The van der Waals surface area contributed by atoms with E-state index in [2.05, 4.69) is 61.2 Å². The van der Waals surface area contributed by atoms with Gasteiger partial charge in [0.1, 0.15) is 11.3 Å². The van der Waals surface area contributed by atoms with Crippen molar-refractivity contribution >= 4 is 16.9 Å². The van der Waals surface area contributed by atoms with Crippen molar-refractivity contribution in [3.63, 3.8) is 0 Å². The molecule has 0 aliphatic carbocycles. The lowest BCUT2D eigenvalue weighted by molar-refractivity contribution is 0.313. The number of H-pyrrole nitrogens is 1. The predicted octanol–water partition coefficient (Wildman–Crippen LogP) is 1.96. The highest BCUT2D eigenvalue weighted by atomic mass is 15.3. The number of rotatable bonds is 6. The summed E-state index contributed by atoms with van der Waals surface area (Å²) in [6.45, 7) is 7.78. The number of pyridine rings is 2. The second kappa shape index (κ2) is 8.02. The second-order valence-electron chi connectivity index (χ2n) is 7.07. The van der Waals surface area contributed by atoms with Crippen molar-refractivity contribution in [2.75, 3.05) is 38.1 Å². The molecule has 0 amide bonds. The molecule has 3 aromatic rings. The van der Waals surface area contributed by atoms with Gasteiger partial charge < -0.3 is 20.1 Å². The van der Waals surface area contributed by atoms with Gasteiger partial charge in [0.25, 0.3) is 0 Å². The van der Waals surface area contributed by atoms with Gasteiger partial charge in [-0.15, -0.1) is 0 Å². The van der Waals surface area contributed by atoms with E-state index < -0.39 is 0 Å². The van der Waals surface area contributed by atoms with Crippen LogP contribution in [0.5, 0.6) is 0 Å². The van der Waals surface area contributed by atoms with Gasteiger partial charge in [0.15, 0.2) is 5.65 Å². The average Bonchev–Trinajstić information content (AvgIpc) is 3.12. The first-order valence-corrected chi connectivity index (χ1v) is 9.65. The second-order valence-corrected chi connectivity index (χ2v) is 7.07. The molecule has 7 heteroatoms. The highest BCUT2D eigenvalue weighted by molar-refractivity contribution is 5.86. The molecule has 0 spiro atoms. The first kappa shape index (κ1) is 17.9. The number of anilines is 1. The Bertz CT molecular complexity index is 896. The highest BCUT2D eigenvalue weighted by Crippen LogP contribution is 2.24. The van der Waals surface area contributed by atoms with Crippen molar-refractivity contribution in [2.24, 2.45) is 0 Å². The van der Waals surface area contributed by atoms with Crippen LogP contribution in [0.2, 0.25) is 0 Å². The van der Waals surface area contributed by atoms with E-state index in [0.717, 1.165) is 61.8 Å². The molecule has 1 aliphatic heterocycles. The highest BCUT2D eigenvalue weighted by Gasteiger charge is 2.18. The maximum Gasteiger partial charge on any atom is 0.179 e. The molecule has 7 nitrogen and oxygen atoms in total. The van der Waals surface area contributed by atoms with E-state index in [1.807, 2.05) is 18.5 Å². The molecule has 0 radical (unpaired) electrons. The molecule has 142 valence electrons. The summed E-state index contributed by atoms with van der Waals surface area (Å²) in [6.07, 6.45) is 4.70. The molecule has 1 aliphatic rings. The smallest absolute Gasteiger partial charge is 0.179 e. The lowest BCUT2D eigenvalue weighted by atomic mass is 10.1. The summed E-state index contributed by atoms with van der Waals surface area (Å²) in [5, 5.41) is 3.45. The van der Waals surface area contributed by atoms with Crippen LogP contribution < -0.4 is 10.2 Å². The van der Waals surface area contributed by atoms with Gasteiger partial charge in [0.05, 0.1) is 17.9 Å². The minimum atomic E-state index is 0.665. The molecule has 0 unspecified atom stereocenters. The standard InChI is InChI=1S/C20H27N7/c1-3-15-5-4-7-22-16(15)13-21-14-18-24-19-17(6-8-23-20(19)25-18)27-11-9-26(2)10-12-27/h4-8,21H,3,9-14H2,1-2H3,(H,23,24,25). The van der Waals surface area contributed by atoms with E-state index in [0.29, 0.717) is 6.54 Å². The molecule has 0 atom stereocenters. The normalized spacial score (nSPS) is 15.6. The molecule has 1 saturated heterocycles. The average molecular weight is 365 g/mol. The van der Waals surface area contributed by atoms with E-state index in [1.54, 1.807) is 0 Å². The molecular weight excluding hydrogens is 338 g/mol. The molecule has 3 aromatic heterocycles. The van der Waals surface area contributed by atoms with Crippen LogP contribution in [0.4, 0.5) is 5.69 Å². The van der Waals surface area contributed by atoms with Crippen molar-refractivity contribution in [2.45, 2.75) is 26.4 Å². The number of likely N-dealkylation sites (N-methyl/N-ethyl adjacent to an activating group) is 1. The number of fused-ring (bicyclic) bond motifs is 1. The molecule has 4 heterocycles. The Morgan fingerprint density at radius 1 is 1.07 bits per heavy atom. The fraction of sp³-hybridized carbons (Fsp3) is 0.450. The van der Waals surface area contributed by atoms with E-state index in [4.69, 9.17) is 0 Å². The number of nitrogens with one attached hydrogen (secondary N) is 2. The van der Waals surface area contributed by atoms with Gasteiger partial charge in [-0.2, -0.15) is 0 Å². The van der Waals surface area contributed by atoms with Gasteiger partial charge in [-0.3, -0.25) is 4.98 Å². The Morgan fingerprint density at radius 3 is 2.74 bits per heavy atom. The Labute approximate surface area is 159 Å². The molecule has 2 N–H and O–H groups in total. The Balaban J connectivity index is 1.46. The van der Waals surface area contributed by atoms with Crippen LogP contribution >= 0.6 is 0 Å². The Hall–Kier alpha value is -2.51. The molecule has 0 saturated carbocycles. The van der Waals surface area contributed by atoms with E-state index >= 15 is 0 Å². The summed E-state index contributed by atoms with van der Waals surface area (Å²) in [4.78, 5) is 21.9. The monoisotopic (exact) mass is 365 g/mol. The predicted molar refractivity (Wildman–Crippen MR) is 108 cm³/mol. The van der Waals surface area contributed by atoms with Crippen LogP contribution in [0.3, 0.4) is 0 Å². The van der Waals surface area contributed by atoms with E-state index in [9.17, 15) is 0 Å². The number of hydrogen-bond donors (Lipinski definition) is 2. The molecule has 0 aromatic carbocycles. The van der Waals surface area contributed by atoms with Crippen LogP contribution in [-0.2, 0) is 19.5 Å². The largest absolute Gasteiger partial charge is 0.367 e. The van der Waals surface area contributed by atoms with Gasteiger partial charge in [-0.25, -0.2) is 9.97 Å². The molecule has 0 bridgehead atoms. The van der Waals surface area contributed by atoms with Crippen molar-refractivity contribution < 1.29 is 0 Å². The maximum atomic E-state index is 4.67. The molecule has 27 heavy (non-hydrogen) atoms. The van der Waals surface area contributed by atoms with Crippen LogP contribution in [-0.4, -0.2) is 58.1 Å². The van der Waals surface area contributed by atoms with Gasteiger partial charge >= 0.3 is 0 Å². The summed E-state index contributed by atoms with van der Waals surface area (Å²) >= 11 is 0. The lowest BCUT2D eigenvalue weighted by Crippen LogP contribution is -2.44. The van der Waals surface area contributed by atoms with Crippen molar-refractivity contribution in [1.29, 1.82) is 0 Å². The SMILES string of the molecule is CCc1cccnc1CNCc1nc2nccc(N3CCN(C)CC3)c2[nH]1. The molecule has 1 fully saturated rings. The third-order valence-electron chi connectivity index (χ3n) is 5.21. The number of aromatic amines is 1. The zero-order valence-corrected chi connectivity index (χ0v) is 16.1. The summed E-state index contributed by atoms with van der Waals surface area (Å²) in [5.41, 5.74) is 5.41. The Kier molecular flexibility index (Phi) is 5.31. The van der Waals surface area contributed by atoms with Gasteiger partial charge in [-0.1, -0.05) is 13.0 Å². The maximum absolute atomic E-state index is 4.67. The van der Waals surface area contributed by atoms with Crippen LogP contribution in [0.1, 0.15) is 24.0 Å². The summed E-state index contributed by atoms with van der Waals surface area (Å²) in [6, 6.07) is 6.22. The van der Waals surface area contributed by atoms with Gasteiger partial charge in [-0.05, 0) is 31.2 Å².